The van der Waals surface area contributed by atoms with E-state index in [1.54, 1.807) is 0 Å². The minimum absolute atomic E-state index is 0.0362. The van der Waals surface area contributed by atoms with Crippen LogP contribution in [0.1, 0.15) is 51.7 Å². The molecule has 0 fully saturated rings. The number of nitrogens with zero attached hydrogens (tertiary/aromatic N) is 1. The lowest BCUT2D eigenvalue weighted by atomic mass is 9.76. The Labute approximate surface area is 129 Å². The first-order chi connectivity index (χ1) is 9.31. The molecule has 0 saturated carbocycles. The van der Waals surface area contributed by atoms with Gasteiger partial charge in [0.1, 0.15) is 0 Å². The predicted molar refractivity (Wildman–Crippen MR) is 82.4 cm³/mol. The lowest BCUT2D eigenvalue weighted by Crippen LogP contribution is -2.34. The third-order valence-corrected chi connectivity index (χ3v) is 3.77. The molecule has 0 amide bonds. The van der Waals surface area contributed by atoms with E-state index in [-0.39, 0.29) is 5.41 Å². The van der Waals surface area contributed by atoms with Crippen molar-refractivity contribution in [3.8, 4) is 6.07 Å². The van der Waals surface area contributed by atoms with Crippen molar-refractivity contribution >= 4 is 22.2 Å². The quantitative estimate of drug-likeness (QED) is 0.818. The Morgan fingerprint density at radius 2 is 1.75 bits per heavy atom. The number of rotatable bonds is 4. The van der Waals surface area contributed by atoms with Gasteiger partial charge >= 0.3 is 5.97 Å². The van der Waals surface area contributed by atoms with Gasteiger partial charge in [-0.2, -0.15) is 5.26 Å². The summed E-state index contributed by atoms with van der Waals surface area (Å²) in [7, 11) is 0. The van der Waals surface area contributed by atoms with Gasteiger partial charge in [-0.3, -0.25) is 0 Å². The molecule has 0 aromatic heterocycles. The molecule has 0 aliphatic carbocycles. The average Bonchev–Trinajstić information content (AvgIpc) is 2.43. The van der Waals surface area contributed by atoms with Crippen molar-refractivity contribution in [1.29, 1.82) is 5.26 Å². The van der Waals surface area contributed by atoms with E-state index in [9.17, 15) is 10.1 Å². The zero-order valence-electron chi connectivity index (χ0n) is 12.4. The van der Waals surface area contributed by atoms with Crippen LogP contribution in [0.5, 0.6) is 0 Å². The third-order valence-electron chi connectivity index (χ3n) is 3.48. The molecule has 0 saturated heterocycles. The van der Waals surface area contributed by atoms with Crippen LogP contribution in [-0.4, -0.2) is 5.97 Å². The van der Waals surface area contributed by atoms with Crippen molar-refractivity contribution in [2.45, 2.75) is 51.4 Å². The van der Waals surface area contributed by atoms with Crippen molar-refractivity contribution < 1.29 is 8.62 Å². The molecule has 0 aliphatic heterocycles. The summed E-state index contributed by atoms with van der Waals surface area (Å²) < 4.78 is 4.66. The molecule has 20 heavy (non-hydrogen) atoms. The molecule has 1 unspecified atom stereocenters. The highest BCUT2D eigenvalue weighted by atomic mass is 79.9. The van der Waals surface area contributed by atoms with E-state index in [0.29, 0.717) is 12.0 Å². The van der Waals surface area contributed by atoms with Gasteiger partial charge in [-0.15, -0.1) is 0 Å². The van der Waals surface area contributed by atoms with E-state index < -0.39 is 11.4 Å². The summed E-state index contributed by atoms with van der Waals surface area (Å²) in [6, 6.07) is 9.78. The lowest BCUT2D eigenvalue weighted by molar-refractivity contribution is -0.136. The summed E-state index contributed by atoms with van der Waals surface area (Å²) in [5, 5.41) is 9.52. The van der Waals surface area contributed by atoms with Gasteiger partial charge in [0.05, 0.1) is 6.07 Å². The van der Waals surface area contributed by atoms with Crippen molar-refractivity contribution in [2.24, 2.45) is 0 Å². The van der Waals surface area contributed by atoms with Crippen LogP contribution in [0.25, 0.3) is 0 Å². The van der Waals surface area contributed by atoms with E-state index >= 15 is 0 Å². The van der Waals surface area contributed by atoms with Crippen LogP contribution in [0.3, 0.4) is 0 Å². The fourth-order valence-electron chi connectivity index (χ4n) is 2.23. The van der Waals surface area contributed by atoms with E-state index in [1.165, 1.54) is 0 Å². The largest absolute Gasteiger partial charge is 0.382 e. The topological polar surface area (TPSA) is 50.1 Å². The first-order valence-corrected chi connectivity index (χ1v) is 7.32. The van der Waals surface area contributed by atoms with Gasteiger partial charge in [-0.05, 0) is 23.0 Å². The smallest absolute Gasteiger partial charge is 0.342 e. The summed E-state index contributed by atoms with van der Waals surface area (Å²) in [6.45, 7) is 8.31. The minimum atomic E-state index is -1.24. The Morgan fingerprint density at radius 1 is 1.25 bits per heavy atom. The maximum absolute atomic E-state index is 12.0. The lowest BCUT2D eigenvalue weighted by Gasteiger charge is -2.25. The second-order valence-electron chi connectivity index (χ2n) is 5.96. The second-order valence-corrected chi connectivity index (χ2v) is 6.28. The third kappa shape index (κ3) is 3.21. The molecular formula is C16H20BrNO2. The van der Waals surface area contributed by atoms with Crippen LogP contribution in [-0.2, 0) is 19.5 Å². The molecule has 0 heterocycles. The number of halogens is 1. The maximum atomic E-state index is 12.0. The number of carbonyl (C=O) groups excluding carboxylic acids is 1. The van der Waals surface area contributed by atoms with Gasteiger partial charge in [0.15, 0.2) is 21.7 Å². The molecule has 1 rings (SSSR count). The highest BCUT2D eigenvalue weighted by molar-refractivity contribution is 9.06. The molecule has 3 nitrogen and oxygen atoms in total. The van der Waals surface area contributed by atoms with E-state index in [1.807, 2.05) is 31.2 Å². The molecule has 1 aromatic rings. The highest BCUT2D eigenvalue weighted by Gasteiger charge is 2.41. The zero-order valence-corrected chi connectivity index (χ0v) is 14.0. The minimum Gasteiger partial charge on any atom is -0.382 e. The Bertz CT molecular complexity index is 511. The number of benzene rings is 1. The van der Waals surface area contributed by atoms with Crippen molar-refractivity contribution in [3.05, 3.63) is 35.4 Å². The van der Waals surface area contributed by atoms with Crippen molar-refractivity contribution in [3.63, 3.8) is 0 Å². The average molecular weight is 338 g/mol. The molecule has 0 radical (unpaired) electrons. The maximum Gasteiger partial charge on any atom is 0.342 e. The van der Waals surface area contributed by atoms with E-state index in [2.05, 4.69) is 46.9 Å². The van der Waals surface area contributed by atoms with E-state index in [4.69, 9.17) is 0 Å². The van der Waals surface area contributed by atoms with Gasteiger partial charge in [-0.25, -0.2) is 4.79 Å². The number of carbonyl (C=O) groups is 1. The van der Waals surface area contributed by atoms with Gasteiger partial charge in [-0.1, -0.05) is 58.4 Å². The highest BCUT2D eigenvalue weighted by Crippen LogP contribution is 2.33. The normalized spacial score (nSPS) is 14.2. The monoisotopic (exact) mass is 337 g/mol. The SMILES string of the molecule is CCCC(C#N)(C(=O)OBr)c1ccc(C(C)(C)C)cc1. The Kier molecular flexibility index (Phi) is 5.35. The molecule has 0 bridgehead atoms. The fraction of sp³-hybridized carbons (Fsp3) is 0.500. The molecule has 1 atom stereocenters. The summed E-state index contributed by atoms with van der Waals surface area (Å²) in [5.41, 5.74) is 0.638. The molecule has 108 valence electrons. The van der Waals surface area contributed by atoms with Crippen LogP contribution in [0.4, 0.5) is 0 Å². The first-order valence-electron chi connectivity index (χ1n) is 6.67. The fourth-order valence-corrected chi connectivity index (χ4v) is 2.50. The standard InChI is InChI=1S/C16H20BrNO2/c1-5-10-16(11-18,14(19)20-17)13-8-6-12(7-9-13)15(2,3)4/h6-9H,5,10H2,1-4H3. The van der Waals surface area contributed by atoms with E-state index in [0.717, 1.165) is 12.0 Å². The van der Waals surface area contributed by atoms with Crippen LogP contribution in [0.15, 0.2) is 24.3 Å². The van der Waals surface area contributed by atoms with Gasteiger partial charge in [0.2, 0.25) is 0 Å². The van der Waals surface area contributed by atoms with Gasteiger partial charge in [0, 0.05) is 0 Å². The molecule has 0 aliphatic rings. The zero-order chi connectivity index (χ0) is 15.4. The molecule has 0 spiro atoms. The van der Waals surface area contributed by atoms with Crippen molar-refractivity contribution in [2.75, 3.05) is 0 Å². The Morgan fingerprint density at radius 3 is 2.10 bits per heavy atom. The van der Waals surface area contributed by atoms with Crippen LogP contribution < -0.4 is 0 Å². The Hall–Kier alpha value is -1.34. The van der Waals surface area contributed by atoms with Crippen LogP contribution in [0.2, 0.25) is 0 Å². The summed E-state index contributed by atoms with van der Waals surface area (Å²) in [5.74, 6) is -0.564. The first kappa shape index (κ1) is 16.7. The number of hydrogen-bond acceptors (Lipinski definition) is 3. The molecule has 1 aromatic carbocycles. The summed E-state index contributed by atoms with van der Waals surface area (Å²) in [6.07, 6.45) is 1.15. The Balaban J connectivity index is 3.29. The summed E-state index contributed by atoms with van der Waals surface area (Å²) in [4.78, 5) is 12.0. The summed E-state index contributed by atoms with van der Waals surface area (Å²) >= 11 is 2.70. The van der Waals surface area contributed by atoms with Gasteiger partial charge < -0.3 is 3.83 Å². The number of hydrogen-bond donors (Lipinski definition) is 0. The van der Waals surface area contributed by atoms with Crippen LogP contribution in [0, 0.1) is 11.3 Å². The van der Waals surface area contributed by atoms with Crippen LogP contribution >= 0.6 is 16.3 Å². The number of nitriles is 1. The predicted octanol–water partition coefficient (Wildman–Crippen LogP) is 4.40. The molecular weight excluding hydrogens is 318 g/mol. The molecule has 0 N–H and O–H groups in total. The van der Waals surface area contributed by atoms with Crippen molar-refractivity contribution in [1.82, 2.24) is 0 Å². The van der Waals surface area contributed by atoms with Gasteiger partial charge in [0.25, 0.3) is 0 Å². The molecule has 4 heteroatoms. The second kappa shape index (κ2) is 6.41.